The Balaban J connectivity index is 0.975. The highest BCUT2D eigenvalue weighted by Crippen LogP contribution is 2.40. The van der Waals surface area contributed by atoms with Crippen LogP contribution in [0.2, 0.25) is 5.02 Å². The van der Waals surface area contributed by atoms with Gasteiger partial charge in [0.1, 0.15) is 34.4 Å². The Morgan fingerprint density at radius 1 is 1.00 bits per heavy atom. The maximum Gasteiger partial charge on any atom is 0.308 e. The van der Waals surface area contributed by atoms with Gasteiger partial charge >= 0.3 is 5.97 Å². The number of nitrogens with one attached hydrogen (secondary N) is 4. The van der Waals surface area contributed by atoms with E-state index in [0.29, 0.717) is 58.2 Å². The first kappa shape index (κ1) is 40.3. The van der Waals surface area contributed by atoms with Crippen molar-refractivity contribution in [2.75, 3.05) is 25.5 Å². The Morgan fingerprint density at radius 2 is 1.73 bits per heavy atom. The number of amides is 3. The number of fused-ring (bicyclic) bond motifs is 3. The number of allylic oxidation sites excluding steroid dienone is 1. The SMILES string of the molecule is C=C1CCC(NC(=O)c2cccc(NCCCCCCCCNC(=O)c3sc4c(c3C)C(c3ccc(Cl)cc3)=N[C@@H](CC(=O)OC)c3nnc(C)n3-4)n2)C(=O)N1. The van der Waals surface area contributed by atoms with Crippen LogP contribution in [0.25, 0.3) is 5.00 Å². The number of ether oxygens (including phenoxy) is 1. The van der Waals surface area contributed by atoms with Crippen LogP contribution in [0.1, 0.15) is 112 Å². The summed E-state index contributed by atoms with van der Waals surface area (Å²) in [7, 11) is 1.34. The number of aryl methyl sites for hydroxylation is 1. The van der Waals surface area contributed by atoms with Crippen molar-refractivity contribution in [2.24, 2.45) is 4.99 Å². The maximum atomic E-state index is 13.6. The first-order chi connectivity index (χ1) is 27.0. The number of methoxy groups -OCH3 is 1. The lowest BCUT2D eigenvalue weighted by Crippen LogP contribution is -2.49. The Hall–Kier alpha value is -5.41. The molecule has 16 heteroatoms. The number of carbonyl (C=O) groups is 4. The van der Waals surface area contributed by atoms with Crippen molar-refractivity contribution in [3.63, 3.8) is 0 Å². The van der Waals surface area contributed by atoms with Crippen LogP contribution in [0.15, 0.2) is 59.7 Å². The Bertz CT molecular complexity index is 2150. The van der Waals surface area contributed by atoms with Crippen LogP contribution in [-0.4, -0.2) is 75.4 Å². The van der Waals surface area contributed by atoms with Gasteiger partial charge in [-0.05, 0) is 69.4 Å². The molecule has 14 nitrogen and oxygen atoms in total. The van der Waals surface area contributed by atoms with Crippen LogP contribution in [0.5, 0.6) is 0 Å². The third kappa shape index (κ3) is 9.51. The van der Waals surface area contributed by atoms with Gasteiger partial charge in [-0.3, -0.25) is 28.7 Å². The molecule has 56 heavy (non-hydrogen) atoms. The molecular formula is C40H46ClN9O5S. The second kappa shape index (κ2) is 18.5. The number of benzene rings is 1. The molecule has 2 atom stereocenters. The number of esters is 1. The molecule has 6 rings (SSSR count). The Kier molecular flexibility index (Phi) is 13.3. The zero-order valence-electron chi connectivity index (χ0n) is 31.7. The van der Waals surface area contributed by atoms with E-state index >= 15 is 0 Å². The molecule has 2 aliphatic heterocycles. The number of rotatable bonds is 16. The normalized spacial score (nSPS) is 16.2. The summed E-state index contributed by atoms with van der Waals surface area (Å²) in [6.45, 7) is 8.80. The van der Waals surface area contributed by atoms with Crippen molar-refractivity contribution in [2.45, 2.75) is 83.7 Å². The number of hydrogen-bond acceptors (Lipinski definition) is 11. The van der Waals surface area contributed by atoms with Crippen molar-refractivity contribution < 1.29 is 23.9 Å². The van der Waals surface area contributed by atoms with Gasteiger partial charge < -0.3 is 26.0 Å². The fourth-order valence-electron chi connectivity index (χ4n) is 6.74. The molecule has 0 saturated carbocycles. The highest BCUT2D eigenvalue weighted by molar-refractivity contribution is 7.17. The van der Waals surface area contributed by atoms with Crippen LogP contribution in [0.3, 0.4) is 0 Å². The number of unbranched alkanes of at least 4 members (excludes halogenated alkanes) is 5. The van der Waals surface area contributed by atoms with Crippen molar-refractivity contribution in [3.8, 4) is 5.00 Å². The molecule has 1 aromatic carbocycles. The molecule has 2 aliphatic rings. The van der Waals surface area contributed by atoms with E-state index in [2.05, 4.69) is 43.0 Å². The predicted molar refractivity (Wildman–Crippen MR) is 216 cm³/mol. The number of hydrogen-bond donors (Lipinski definition) is 4. The third-order valence-corrected chi connectivity index (χ3v) is 11.3. The van der Waals surface area contributed by atoms with Crippen molar-refractivity contribution in [1.29, 1.82) is 0 Å². The van der Waals surface area contributed by atoms with Gasteiger partial charge in [-0.1, -0.05) is 62.1 Å². The van der Waals surface area contributed by atoms with E-state index in [1.807, 2.05) is 36.6 Å². The minimum absolute atomic E-state index is 0.0146. The molecule has 0 aliphatic carbocycles. The molecule has 3 aromatic heterocycles. The average molecular weight is 800 g/mol. The highest BCUT2D eigenvalue weighted by Gasteiger charge is 2.34. The Morgan fingerprint density at radius 3 is 2.46 bits per heavy atom. The third-order valence-electron chi connectivity index (χ3n) is 9.75. The van der Waals surface area contributed by atoms with Crippen LogP contribution < -0.4 is 21.3 Å². The number of pyridine rings is 1. The van der Waals surface area contributed by atoms with Crippen molar-refractivity contribution in [3.05, 3.63) is 98.7 Å². The Labute approximate surface area is 334 Å². The summed E-state index contributed by atoms with van der Waals surface area (Å²) in [4.78, 5) is 60.9. The van der Waals surface area contributed by atoms with E-state index in [-0.39, 0.29) is 29.8 Å². The predicted octanol–water partition coefficient (Wildman–Crippen LogP) is 6.15. The van der Waals surface area contributed by atoms with E-state index in [9.17, 15) is 19.2 Å². The minimum Gasteiger partial charge on any atom is -0.469 e. The minimum atomic E-state index is -0.642. The fourth-order valence-corrected chi connectivity index (χ4v) is 8.15. The molecule has 0 radical (unpaired) electrons. The number of anilines is 1. The molecular weight excluding hydrogens is 754 g/mol. The maximum absolute atomic E-state index is 13.6. The summed E-state index contributed by atoms with van der Waals surface area (Å²) in [6, 6.07) is 11.3. The number of aromatic nitrogens is 4. The zero-order valence-corrected chi connectivity index (χ0v) is 33.3. The standard InChI is InChI=1S/C40H46ClN9O5S/c1-23-14-19-29(37(52)44-23)47-38(53)28-12-11-13-31(45-28)42-20-9-7-5-6-8-10-21-43-39(54)35-24(2)33-34(26-15-17-27(41)18-16-26)46-30(22-32(51)55-4)36-49-48-25(3)50(36)40(33)56-35/h11-13,15-18,29-30H,1,5-10,14,19-22H2,2-4H3,(H,42,45)(H,43,54)(H,44,52)(H,47,53)/t29?,30-/m0/s1. The molecule has 1 saturated heterocycles. The average Bonchev–Trinajstić information content (AvgIpc) is 3.69. The van der Waals surface area contributed by atoms with Crippen LogP contribution >= 0.6 is 22.9 Å². The first-order valence-electron chi connectivity index (χ1n) is 18.8. The number of thiophene rings is 1. The molecule has 1 unspecified atom stereocenters. The number of halogens is 1. The van der Waals surface area contributed by atoms with E-state index in [1.165, 1.54) is 18.4 Å². The molecule has 294 valence electrons. The van der Waals surface area contributed by atoms with Gasteiger partial charge in [0.25, 0.3) is 11.8 Å². The molecule has 0 spiro atoms. The number of aliphatic imine (C=N–C) groups is 1. The van der Waals surface area contributed by atoms with Crippen molar-refractivity contribution >= 4 is 58.2 Å². The number of nitrogens with zero attached hydrogens (tertiary/aromatic N) is 5. The van der Waals surface area contributed by atoms with Gasteiger partial charge in [-0.2, -0.15) is 0 Å². The molecule has 5 heterocycles. The summed E-state index contributed by atoms with van der Waals surface area (Å²) in [5.41, 5.74) is 3.94. The highest BCUT2D eigenvalue weighted by atomic mass is 35.5. The summed E-state index contributed by atoms with van der Waals surface area (Å²) in [6.07, 6.45) is 7.04. The number of piperidine rings is 1. The second-order valence-electron chi connectivity index (χ2n) is 13.8. The van der Waals surface area contributed by atoms with Crippen LogP contribution in [-0.2, 0) is 14.3 Å². The molecule has 0 bridgehead atoms. The van der Waals surface area contributed by atoms with E-state index in [4.69, 9.17) is 21.3 Å². The topological polar surface area (TPSA) is 182 Å². The molecule has 3 amide bonds. The van der Waals surface area contributed by atoms with Crippen LogP contribution in [0, 0.1) is 13.8 Å². The fraction of sp³-hybridized carbons (Fsp3) is 0.400. The zero-order chi connectivity index (χ0) is 39.8. The van der Waals surface area contributed by atoms with Crippen molar-refractivity contribution in [1.82, 2.24) is 35.7 Å². The lowest BCUT2D eigenvalue weighted by atomic mass is 9.99. The monoisotopic (exact) mass is 799 g/mol. The van der Waals surface area contributed by atoms with Gasteiger partial charge in [0.05, 0.1) is 24.1 Å². The smallest absolute Gasteiger partial charge is 0.308 e. The van der Waals surface area contributed by atoms with Gasteiger partial charge in [0, 0.05) is 34.9 Å². The summed E-state index contributed by atoms with van der Waals surface area (Å²) in [5, 5.41) is 21.9. The van der Waals surface area contributed by atoms with Gasteiger partial charge in [-0.25, -0.2) is 4.98 Å². The van der Waals surface area contributed by atoms with E-state index in [0.717, 1.165) is 66.8 Å². The largest absolute Gasteiger partial charge is 0.469 e. The van der Waals surface area contributed by atoms with E-state index < -0.39 is 18.1 Å². The van der Waals surface area contributed by atoms with Crippen LogP contribution in [0.4, 0.5) is 5.82 Å². The lowest BCUT2D eigenvalue weighted by Gasteiger charge is -2.24. The van der Waals surface area contributed by atoms with Gasteiger partial charge in [0.2, 0.25) is 5.91 Å². The summed E-state index contributed by atoms with van der Waals surface area (Å²) in [5.74, 6) is 0.532. The van der Waals surface area contributed by atoms with Gasteiger partial charge in [-0.15, -0.1) is 21.5 Å². The summed E-state index contributed by atoms with van der Waals surface area (Å²) >= 11 is 7.58. The molecule has 4 aromatic rings. The summed E-state index contributed by atoms with van der Waals surface area (Å²) < 4.78 is 6.87. The van der Waals surface area contributed by atoms with Gasteiger partial charge in [0.15, 0.2) is 5.82 Å². The lowest BCUT2D eigenvalue weighted by molar-refractivity contribution is -0.141. The molecule has 1 fully saturated rings. The van der Waals surface area contributed by atoms with E-state index in [1.54, 1.807) is 24.3 Å². The second-order valence-corrected chi connectivity index (χ2v) is 15.3. The quantitative estimate of drug-likeness (QED) is 0.0763. The first-order valence-corrected chi connectivity index (χ1v) is 20.0. The number of carbonyl (C=O) groups excluding carboxylic acids is 4. The molecule has 4 N–H and O–H groups in total.